The molecule has 1 heterocycles. The van der Waals surface area contributed by atoms with Crippen molar-refractivity contribution in [2.24, 2.45) is 0 Å². The molecule has 2 rings (SSSR count). The van der Waals surface area contributed by atoms with E-state index in [-0.39, 0.29) is 0 Å². The van der Waals surface area contributed by atoms with Crippen LogP contribution < -0.4 is 4.74 Å². The summed E-state index contributed by atoms with van der Waals surface area (Å²) >= 11 is 0. The van der Waals surface area contributed by atoms with Crippen LogP contribution in [0.1, 0.15) is 18.2 Å². The van der Waals surface area contributed by atoms with E-state index in [1.54, 1.807) is 0 Å². The first-order valence-corrected chi connectivity index (χ1v) is 5.38. The van der Waals surface area contributed by atoms with Gasteiger partial charge in [-0.1, -0.05) is 29.8 Å². The Morgan fingerprint density at radius 2 is 1.88 bits per heavy atom. The van der Waals surface area contributed by atoms with Crippen molar-refractivity contribution in [2.45, 2.75) is 20.8 Å². The van der Waals surface area contributed by atoms with Gasteiger partial charge >= 0.3 is 0 Å². The molecule has 3 nitrogen and oxygen atoms in total. The topological polar surface area (TPSA) is 35.3 Å². The lowest BCUT2D eigenvalue weighted by molar-refractivity contribution is 0.292. The van der Waals surface area contributed by atoms with E-state index in [9.17, 15) is 0 Å². The summed E-state index contributed by atoms with van der Waals surface area (Å²) in [6.07, 6.45) is 0. The van der Waals surface area contributed by atoms with Crippen molar-refractivity contribution in [1.82, 2.24) is 5.16 Å². The molecule has 2 aromatic rings. The summed E-state index contributed by atoms with van der Waals surface area (Å²) in [6.45, 7) is 6.48. The molecule has 0 aliphatic rings. The number of aryl methyl sites for hydroxylation is 2. The number of hydrogen-bond donors (Lipinski definition) is 0. The van der Waals surface area contributed by atoms with Crippen molar-refractivity contribution in [3.8, 4) is 17.0 Å². The third-order valence-electron chi connectivity index (χ3n) is 2.45. The normalized spacial score (nSPS) is 10.4. The average molecular weight is 217 g/mol. The van der Waals surface area contributed by atoms with Gasteiger partial charge in [-0.05, 0) is 31.5 Å². The molecule has 0 spiro atoms. The molecule has 0 saturated heterocycles. The Balaban J connectivity index is 2.45. The summed E-state index contributed by atoms with van der Waals surface area (Å²) in [5, 5.41) is 3.91. The van der Waals surface area contributed by atoms with Crippen LogP contribution in [0, 0.1) is 13.8 Å². The molecule has 0 fully saturated rings. The van der Waals surface area contributed by atoms with Crippen LogP contribution in [0.25, 0.3) is 11.1 Å². The molecule has 0 N–H and O–H groups in total. The molecule has 0 radical (unpaired) electrons. The van der Waals surface area contributed by atoms with Gasteiger partial charge in [-0.15, -0.1) is 0 Å². The number of aromatic nitrogens is 1. The molecule has 84 valence electrons. The van der Waals surface area contributed by atoms with Gasteiger partial charge in [-0.3, -0.25) is 0 Å². The van der Waals surface area contributed by atoms with Gasteiger partial charge < -0.3 is 9.26 Å². The maximum absolute atomic E-state index is 5.44. The highest BCUT2D eigenvalue weighted by molar-refractivity contribution is 5.70. The maximum atomic E-state index is 5.44. The van der Waals surface area contributed by atoms with Crippen LogP contribution in [0.2, 0.25) is 0 Å². The summed E-state index contributed by atoms with van der Waals surface area (Å²) in [6, 6.07) is 8.24. The molecule has 0 saturated carbocycles. The van der Waals surface area contributed by atoms with E-state index in [0.29, 0.717) is 12.5 Å². The fourth-order valence-electron chi connectivity index (χ4n) is 1.63. The predicted octanol–water partition coefficient (Wildman–Crippen LogP) is 3.36. The van der Waals surface area contributed by atoms with Crippen molar-refractivity contribution < 1.29 is 9.26 Å². The average Bonchev–Trinajstić information content (AvgIpc) is 2.62. The molecule has 0 bridgehead atoms. The summed E-state index contributed by atoms with van der Waals surface area (Å²) in [4.78, 5) is 0. The summed E-state index contributed by atoms with van der Waals surface area (Å²) in [5.74, 6) is 1.36. The minimum Gasteiger partial charge on any atom is -0.475 e. The summed E-state index contributed by atoms with van der Waals surface area (Å²) in [7, 11) is 0. The highest BCUT2D eigenvalue weighted by atomic mass is 16.5. The molecular weight excluding hydrogens is 202 g/mol. The van der Waals surface area contributed by atoms with Crippen LogP contribution in [-0.4, -0.2) is 11.8 Å². The van der Waals surface area contributed by atoms with Crippen molar-refractivity contribution >= 4 is 0 Å². The number of nitrogens with zero attached hydrogens (tertiary/aromatic N) is 1. The second-order valence-corrected chi connectivity index (χ2v) is 3.72. The first-order valence-electron chi connectivity index (χ1n) is 5.38. The van der Waals surface area contributed by atoms with Gasteiger partial charge in [0.15, 0.2) is 0 Å². The molecular formula is C13H15NO2. The van der Waals surface area contributed by atoms with Crippen LogP contribution in [0.5, 0.6) is 5.88 Å². The Morgan fingerprint density at radius 3 is 2.50 bits per heavy atom. The lowest BCUT2D eigenvalue weighted by Crippen LogP contribution is -1.93. The van der Waals surface area contributed by atoms with E-state index >= 15 is 0 Å². The van der Waals surface area contributed by atoms with Crippen molar-refractivity contribution in [3.63, 3.8) is 0 Å². The minimum absolute atomic E-state index is 0.573. The molecule has 1 aromatic heterocycles. The SMILES string of the molecule is CCOc1noc(C)c1-c1ccc(C)cc1. The molecule has 0 aliphatic carbocycles. The van der Waals surface area contributed by atoms with E-state index in [4.69, 9.17) is 9.26 Å². The Kier molecular flexibility index (Phi) is 2.95. The van der Waals surface area contributed by atoms with Crippen molar-refractivity contribution in [2.75, 3.05) is 6.61 Å². The second-order valence-electron chi connectivity index (χ2n) is 3.72. The number of benzene rings is 1. The lowest BCUT2D eigenvalue weighted by atomic mass is 10.1. The second kappa shape index (κ2) is 4.39. The number of hydrogen-bond acceptors (Lipinski definition) is 3. The van der Waals surface area contributed by atoms with Gasteiger partial charge in [0.1, 0.15) is 5.76 Å². The van der Waals surface area contributed by atoms with Crippen LogP contribution in [0.15, 0.2) is 28.8 Å². The van der Waals surface area contributed by atoms with Gasteiger partial charge in [0.25, 0.3) is 5.88 Å². The minimum atomic E-state index is 0.573. The van der Waals surface area contributed by atoms with E-state index in [1.165, 1.54) is 5.56 Å². The van der Waals surface area contributed by atoms with Crippen molar-refractivity contribution in [1.29, 1.82) is 0 Å². The first-order chi connectivity index (χ1) is 7.72. The summed E-state index contributed by atoms with van der Waals surface area (Å²) < 4.78 is 10.6. The first kappa shape index (κ1) is 10.7. The predicted molar refractivity (Wildman–Crippen MR) is 62.6 cm³/mol. The summed E-state index contributed by atoms with van der Waals surface area (Å²) in [5.41, 5.74) is 3.26. The zero-order valence-corrected chi connectivity index (χ0v) is 9.78. The van der Waals surface area contributed by atoms with Gasteiger partial charge in [0.05, 0.1) is 12.2 Å². The maximum Gasteiger partial charge on any atom is 0.262 e. The highest BCUT2D eigenvalue weighted by Crippen LogP contribution is 2.32. The molecule has 0 unspecified atom stereocenters. The van der Waals surface area contributed by atoms with Gasteiger partial charge in [0.2, 0.25) is 0 Å². The van der Waals surface area contributed by atoms with Crippen LogP contribution >= 0.6 is 0 Å². The standard InChI is InChI=1S/C13H15NO2/c1-4-15-13-12(10(3)16-14-13)11-7-5-9(2)6-8-11/h5-8H,4H2,1-3H3. The number of ether oxygens (including phenoxy) is 1. The Morgan fingerprint density at radius 1 is 1.19 bits per heavy atom. The third kappa shape index (κ3) is 1.94. The Labute approximate surface area is 95.0 Å². The number of rotatable bonds is 3. The van der Waals surface area contributed by atoms with E-state index in [1.807, 2.05) is 13.8 Å². The zero-order chi connectivity index (χ0) is 11.5. The smallest absolute Gasteiger partial charge is 0.262 e. The van der Waals surface area contributed by atoms with Crippen LogP contribution in [0.4, 0.5) is 0 Å². The van der Waals surface area contributed by atoms with Gasteiger partial charge in [-0.25, -0.2) is 0 Å². The quantitative estimate of drug-likeness (QED) is 0.790. The van der Waals surface area contributed by atoms with Crippen molar-refractivity contribution in [3.05, 3.63) is 35.6 Å². The fraction of sp³-hybridized carbons (Fsp3) is 0.308. The van der Waals surface area contributed by atoms with Gasteiger partial charge in [-0.2, -0.15) is 0 Å². The van der Waals surface area contributed by atoms with E-state index in [2.05, 4.69) is 36.3 Å². The highest BCUT2D eigenvalue weighted by Gasteiger charge is 2.15. The zero-order valence-electron chi connectivity index (χ0n) is 9.78. The monoisotopic (exact) mass is 217 g/mol. The Hall–Kier alpha value is -1.77. The van der Waals surface area contributed by atoms with E-state index < -0.39 is 0 Å². The fourth-order valence-corrected chi connectivity index (χ4v) is 1.63. The lowest BCUT2D eigenvalue weighted by Gasteiger charge is -2.03. The molecule has 0 aliphatic heterocycles. The van der Waals surface area contributed by atoms with Crippen LogP contribution in [-0.2, 0) is 0 Å². The Bertz CT molecular complexity index is 471. The van der Waals surface area contributed by atoms with E-state index in [0.717, 1.165) is 16.9 Å². The largest absolute Gasteiger partial charge is 0.475 e. The van der Waals surface area contributed by atoms with Gasteiger partial charge in [0, 0.05) is 0 Å². The third-order valence-corrected chi connectivity index (χ3v) is 2.45. The molecule has 0 atom stereocenters. The molecule has 1 aromatic carbocycles. The molecule has 3 heteroatoms. The molecule has 16 heavy (non-hydrogen) atoms. The molecule has 0 amide bonds. The van der Waals surface area contributed by atoms with Crippen LogP contribution in [0.3, 0.4) is 0 Å².